The minimum absolute atomic E-state index is 0.159. The summed E-state index contributed by atoms with van der Waals surface area (Å²) < 4.78 is 36.9. The number of nitrogens with zero attached hydrogens (tertiary/aromatic N) is 2. The average molecular weight is 499 g/mol. The van der Waals surface area contributed by atoms with E-state index in [4.69, 9.17) is 20.4 Å². The van der Waals surface area contributed by atoms with Crippen molar-refractivity contribution < 1.29 is 32.6 Å². The fourth-order valence-electron chi connectivity index (χ4n) is 3.75. The van der Waals surface area contributed by atoms with Gasteiger partial charge in [-0.25, -0.2) is 9.79 Å². The maximum Gasteiger partial charge on any atom is 0.490 e. The third kappa shape index (κ3) is 5.38. The van der Waals surface area contributed by atoms with Crippen molar-refractivity contribution in [1.82, 2.24) is 4.90 Å². The predicted molar refractivity (Wildman–Crippen MR) is 128 cm³/mol. The molecule has 0 aromatic heterocycles. The van der Waals surface area contributed by atoms with Crippen molar-refractivity contribution in [2.75, 3.05) is 14.2 Å². The predicted octanol–water partition coefficient (Wildman–Crippen LogP) is 4.16. The van der Waals surface area contributed by atoms with Crippen molar-refractivity contribution in [2.24, 2.45) is 10.7 Å². The van der Waals surface area contributed by atoms with Gasteiger partial charge in [-0.2, -0.15) is 13.2 Å². The van der Waals surface area contributed by atoms with Crippen molar-refractivity contribution >= 4 is 17.8 Å². The van der Waals surface area contributed by atoms with Gasteiger partial charge in [0, 0.05) is 14.2 Å². The number of rotatable bonds is 5. The first-order chi connectivity index (χ1) is 17.0. The molecule has 1 unspecified atom stereocenters. The number of guanidine groups is 1. The van der Waals surface area contributed by atoms with Crippen LogP contribution in [0.3, 0.4) is 0 Å². The highest BCUT2D eigenvalue weighted by molar-refractivity contribution is 6.09. The number of carboxylic acid groups (broad SMARTS) is 1. The van der Waals surface area contributed by atoms with E-state index in [1.807, 2.05) is 66.7 Å². The number of likely N-dealkylation sites (N-methyl/N-ethyl adjacent to an activating group) is 1. The number of methoxy groups -OCH3 is 1. The number of carbonyl (C=O) groups excluding carboxylic acids is 1. The van der Waals surface area contributed by atoms with Gasteiger partial charge in [0.05, 0.1) is 6.61 Å². The molecular weight excluding hydrogens is 475 g/mol. The Balaban J connectivity index is 0.000000454. The number of ether oxygens (including phenoxy) is 1. The van der Waals surface area contributed by atoms with Crippen LogP contribution in [0.15, 0.2) is 83.9 Å². The molecule has 3 aromatic rings. The van der Waals surface area contributed by atoms with Gasteiger partial charge in [0.25, 0.3) is 5.91 Å². The van der Waals surface area contributed by atoms with Crippen molar-refractivity contribution in [3.8, 4) is 11.1 Å². The number of nitrogens with two attached hydrogens (primary N) is 1. The Kier molecular flexibility index (Phi) is 7.79. The Morgan fingerprint density at radius 2 is 1.58 bits per heavy atom. The van der Waals surface area contributed by atoms with Gasteiger partial charge in [-0.15, -0.1) is 0 Å². The van der Waals surface area contributed by atoms with Gasteiger partial charge in [-0.05, 0) is 33.9 Å². The van der Waals surface area contributed by atoms with Crippen LogP contribution < -0.4 is 5.73 Å². The number of halogens is 3. The van der Waals surface area contributed by atoms with E-state index in [1.165, 1.54) is 4.90 Å². The molecule has 7 nitrogen and oxygen atoms in total. The Hall–Kier alpha value is -4.18. The van der Waals surface area contributed by atoms with Crippen LogP contribution in [0, 0.1) is 0 Å². The zero-order valence-corrected chi connectivity index (χ0v) is 19.5. The van der Waals surface area contributed by atoms with E-state index >= 15 is 0 Å². The smallest absolute Gasteiger partial charge is 0.475 e. The quantitative estimate of drug-likeness (QED) is 0.549. The second-order valence-corrected chi connectivity index (χ2v) is 7.92. The summed E-state index contributed by atoms with van der Waals surface area (Å²) in [4.78, 5) is 28.3. The lowest BCUT2D eigenvalue weighted by Gasteiger charge is -2.26. The van der Waals surface area contributed by atoms with Crippen molar-refractivity contribution in [1.29, 1.82) is 0 Å². The molecule has 0 radical (unpaired) electrons. The highest BCUT2D eigenvalue weighted by Gasteiger charge is 2.49. The molecule has 3 aromatic carbocycles. The van der Waals surface area contributed by atoms with Gasteiger partial charge in [-0.3, -0.25) is 9.69 Å². The number of benzene rings is 3. The molecule has 0 spiro atoms. The molecule has 0 saturated heterocycles. The Bertz CT molecular complexity index is 1260. The number of alkyl halides is 3. The summed E-state index contributed by atoms with van der Waals surface area (Å²) in [5, 5.41) is 7.12. The molecule has 0 saturated carbocycles. The average Bonchev–Trinajstić information content (AvgIpc) is 3.10. The van der Waals surface area contributed by atoms with Gasteiger partial charge < -0.3 is 15.6 Å². The van der Waals surface area contributed by atoms with E-state index < -0.39 is 17.7 Å². The standard InChI is InChI=1S/C24H23N3O2.C2HF3O2/c1-27-22(28)24(26-23(27)25,20-8-4-3-5-9-20)21-10-6-7-19(15-21)18-13-11-17(12-14-18)16-29-2;3-2(4,5)1(6)7/h3-15H,16H2,1-2H3,(H2,25,26);(H,6,7). The van der Waals surface area contributed by atoms with E-state index in [1.54, 1.807) is 14.2 Å². The first kappa shape index (κ1) is 26.4. The summed E-state index contributed by atoms with van der Waals surface area (Å²) in [6.07, 6.45) is -5.08. The first-order valence-corrected chi connectivity index (χ1v) is 10.7. The maximum absolute atomic E-state index is 13.3. The highest BCUT2D eigenvalue weighted by atomic mass is 19.4. The number of aliphatic imine (C=N–C) groups is 1. The summed E-state index contributed by atoms with van der Waals surface area (Å²) >= 11 is 0. The monoisotopic (exact) mass is 499 g/mol. The molecule has 4 rings (SSSR count). The fourth-order valence-corrected chi connectivity index (χ4v) is 3.75. The van der Waals surface area contributed by atoms with Gasteiger partial charge in [-0.1, -0.05) is 72.8 Å². The van der Waals surface area contributed by atoms with Crippen LogP contribution in [0.2, 0.25) is 0 Å². The van der Waals surface area contributed by atoms with Crippen LogP contribution in [0.25, 0.3) is 11.1 Å². The molecular formula is C26H24F3N3O4. The molecule has 0 bridgehead atoms. The lowest BCUT2D eigenvalue weighted by atomic mass is 9.82. The van der Waals surface area contributed by atoms with E-state index in [2.05, 4.69) is 17.1 Å². The molecule has 188 valence electrons. The van der Waals surface area contributed by atoms with Crippen molar-refractivity contribution in [3.05, 3.63) is 95.6 Å². The zero-order chi connectivity index (χ0) is 26.5. The summed E-state index contributed by atoms with van der Waals surface area (Å²) in [7, 11) is 3.34. The maximum atomic E-state index is 13.3. The Morgan fingerprint density at radius 1 is 1.00 bits per heavy atom. The van der Waals surface area contributed by atoms with Crippen LogP contribution in [0.4, 0.5) is 13.2 Å². The van der Waals surface area contributed by atoms with Crippen LogP contribution >= 0.6 is 0 Å². The molecule has 10 heteroatoms. The number of carboxylic acids is 1. The molecule has 0 aliphatic carbocycles. The number of aliphatic carboxylic acids is 1. The zero-order valence-electron chi connectivity index (χ0n) is 19.5. The van der Waals surface area contributed by atoms with Crippen molar-refractivity contribution in [3.63, 3.8) is 0 Å². The van der Waals surface area contributed by atoms with E-state index in [-0.39, 0.29) is 11.9 Å². The number of carbonyl (C=O) groups is 2. The van der Waals surface area contributed by atoms with E-state index in [9.17, 15) is 18.0 Å². The number of amides is 1. The first-order valence-electron chi connectivity index (χ1n) is 10.7. The Morgan fingerprint density at radius 3 is 2.08 bits per heavy atom. The fraction of sp³-hybridized carbons (Fsp3) is 0.192. The third-order valence-corrected chi connectivity index (χ3v) is 5.55. The highest BCUT2D eigenvalue weighted by Crippen LogP contribution is 2.40. The molecule has 1 aliphatic rings. The Labute approximate surface area is 205 Å². The van der Waals surface area contributed by atoms with Crippen LogP contribution in [-0.2, 0) is 26.5 Å². The topological polar surface area (TPSA) is 105 Å². The molecule has 1 aliphatic heterocycles. The van der Waals surface area contributed by atoms with E-state index in [0.29, 0.717) is 6.61 Å². The van der Waals surface area contributed by atoms with Gasteiger partial charge in [0.15, 0.2) is 11.5 Å². The summed E-state index contributed by atoms with van der Waals surface area (Å²) in [5.41, 5.74) is 9.65. The third-order valence-electron chi connectivity index (χ3n) is 5.55. The molecule has 36 heavy (non-hydrogen) atoms. The summed E-state index contributed by atoms with van der Waals surface area (Å²) in [6.45, 7) is 0.576. The van der Waals surface area contributed by atoms with Crippen LogP contribution in [-0.4, -0.2) is 48.2 Å². The van der Waals surface area contributed by atoms with E-state index in [0.717, 1.165) is 27.8 Å². The molecule has 1 atom stereocenters. The minimum atomic E-state index is -5.08. The largest absolute Gasteiger partial charge is 0.490 e. The number of hydrogen-bond acceptors (Lipinski definition) is 5. The van der Waals surface area contributed by atoms with Crippen LogP contribution in [0.5, 0.6) is 0 Å². The summed E-state index contributed by atoms with van der Waals surface area (Å²) in [6, 6.07) is 25.7. The molecule has 1 heterocycles. The second kappa shape index (κ2) is 10.6. The normalized spacial score (nSPS) is 17.3. The SMILES string of the molecule is COCc1ccc(-c2cccc(C3(c4ccccc4)N=C(N)N(C)C3=O)c2)cc1.O=C(O)C(F)(F)F. The number of hydrogen-bond donors (Lipinski definition) is 2. The summed E-state index contributed by atoms with van der Waals surface area (Å²) in [5.74, 6) is -2.70. The van der Waals surface area contributed by atoms with Gasteiger partial charge >= 0.3 is 12.1 Å². The van der Waals surface area contributed by atoms with Crippen molar-refractivity contribution in [2.45, 2.75) is 18.3 Å². The van der Waals surface area contributed by atoms with Gasteiger partial charge in [0.1, 0.15) is 0 Å². The lowest BCUT2D eigenvalue weighted by molar-refractivity contribution is -0.192. The molecule has 3 N–H and O–H groups in total. The minimum Gasteiger partial charge on any atom is -0.475 e. The van der Waals surface area contributed by atoms with Crippen LogP contribution in [0.1, 0.15) is 16.7 Å². The molecule has 0 fully saturated rings. The second-order valence-electron chi connectivity index (χ2n) is 7.92. The lowest BCUT2D eigenvalue weighted by Crippen LogP contribution is -2.41. The van der Waals surface area contributed by atoms with Gasteiger partial charge in [0.2, 0.25) is 0 Å². The molecule has 1 amide bonds.